The number of hydrogen-bond acceptors (Lipinski definition) is 4. The number of carbonyl (C=O) groups excluding carboxylic acids is 3. The van der Waals surface area contributed by atoms with Crippen LogP contribution in [0.4, 0.5) is 0 Å². The van der Waals surface area contributed by atoms with Crippen molar-refractivity contribution in [2.45, 2.75) is 32.9 Å². The van der Waals surface area contributed by atoms with Crippen molar-refractivity contribution < 1.29 is 19.1 Å². The highest BCUT2D eigenvalue weighted by atomic mass is 16.5. The minimum absolute atomic E-state index is 0.321. The van der Waals surface area contributed by atoms with Crippen molar-refractivity contribution in [3.63, 3.8) is 0 Å². The molecule has 5 heteroatoms. The lowest BCUT2D eigenvalue weighted by atomic mass is 9.98. The standard InChI is InChI=1S/C26H25NO4/c1-17-9-13-20(14-10-17)23(28)24(21-15-11-18(2)12-16-21)31-26(30)19(3)27-25(29)22-7-5-4-6-8-22/h4-16,19,24H,1-3H3,(H,27,29)/t19-,24+/m0/s1. The van der Waals surface area contributed by atoms with Crippen LogP contribution in [0.3, 0.4) is 0 Å². The van der Waals surface area contributed by atoms with Gasteiger partial charge in [0.15, 0.2) is 6.10 Å². The molecule has 3 aromatic rings. The Labute approximate surface area is 182 Å². The maximum atomic E-state index is 13.2. The van der Waals surface area contributed by atoms with Crippen LogP contribution in [0.15, 0.2) is 78.9 Å². The minimum Gasteiger partial charge on any atom is -0.447 e. The summed E-state index contributed by atoms with van der Waals surface area (Å²) in [7, 11) is 0. The van der Waals surface area contributed by atoms with E-state index in [-0.39, 0.29) is 11.7 Å². The number of rotatable bonds is 7. The number of ether oxygens (including phenoxy) is 1. The van der Waals surface area contributed by atoms with Crippen LogP contribution in [0.5, 0.6) is 0 Å². The molecule has 0 radical (unpaired) electrons. The smallest absolute Gasteiger partial charge is 0.329 e. The number of Topliss-reactive ketones (excluding diaryl/α,β-unsaturated/α-hetero) is 1. The number of esters is 1. The van der Waals surface area contributed by atoms with Crippen LogP contribution in [0, 0.1) is 13.8 Å². The van der Waals surface area contributed by atoms with E-state index in [4.69, 9.17) is 4.74 Å². The third-order valence-electron chi connectivity index (χ3n) is 4.93. The Balaban J connectivity index is 1.79. The highest BCUT2D eigenvalue weighted by Gasteiger charge is 2.29. The van der Waals surface area contributed by atoms with Gasteiger partial charge in [-0.15, -0.1) is 0 Å². The Hall–Kier alpha value is -3.73. The number of hydrogen-bond donors (Lipinski definition) is 1. The summed E-state index contributed by atoms with van der Waals surface area (Å²) in [5.41, 5.74) is 3.52. The highest BCUT2D eigenvalue weighted by molar-refractivity contribution is 6.01. The number of nitrogens with one attached hydrogen (secondary N) is 1. The van der Waals surface area contributed by atoms with Gasteiger partial charge in [-0.3, -0.25) is 9.59 Å². The number of benzene rings is 3. The van der Waals surface area contributed by atoms with Crippen molar-refractivity contribution in [2.75, 3.05) is 0 Å². The van der Waals surface area contributed by atoms with Gasteiger partial charge < -0.3 is 10.1 Å². The fourth-order valence-electron chi connectivity index (χ4n) is 3.03. The van der Waals surface area contributed by atoms with E-state index < -0.39 is 18.1 Å². The zero-order valence-electron chi connectivity index (χ0n) is 17.8. The molecule has 0 aliphatic carbocycles. The summed E-state index contributed by atoms with van der Waals surface area (Å²) >= 11 is 0. The molecule has 0 fully saturated rings. The molecule has 2 atom stereocenters. The third kappa shape index (κ3) is 5.66. The molecule has 0 heterocycles. The number of aryl methyl sites for hydroxylation is 2. The Kier molecular flexibility index (Phi) is 6.98. The number of amides is 1. The third-order valence-corrected chi connectivity index (χ3v) is 4.93. The van der Waals surface area contributed by atoms with E-state index in [9.17, 15) is 14.4 Å². The van der Waals surface area contributed by atoms with E-state index in [0.717, 1.165) is 11.1 Å². The molecule has 0 saturated carbocycles. The zero-order chi connectivity index (χ0) is 22.4. The van der Waals surface area contributed by atoms with Gasteiger partial charge in [-0.25, -0.2) is 4.79 Å². The Morgan fingerprint density at radius 2 is 1.29 bits per heavy atom. The zero-order valence-corrected chi connectivity index (χ0v) is 17.8. The van der Waals surface area contributed by atoms with Crippen molar-refractivity contribution >= 4 is 17.7 Å². The second kappa shape index (κ2) is 9.85. The Morgan fingerprint density at radius 3 is 1.87 bits per heavy atom. The molecule has 3 aromatic carbocycles. The van der Waals surface area contributed by atoms with Crippen molar-refractivity contribution in [3.05, 3.63) is 107 Å². The molecular formula is C26H25NO4. The monoisotopic (exact) mass is 415 g/mol. The molecule has 0 aromatic heterocycles. The average Bonchev–Trinajstić information content (AvgIpc) is 2.78. The predicted octanol–water partition coefficient (Wildman–Crippen LogP) is 4.59. The molecule has 31 heavy (non-hydrogen) atoms. The molecule has 1 N–H and O–H groups in total. The SMILES string of the molecule is Cc1ccc(C(=O)[C@H](OC(=O)[C@H](C)NC(=O)c2ccccc2)c2ccc(C)cc2)cc1. The lowest BCUT2D eigenvalue weighted by Gasteiger charge is -2.21. The summed E-state index contributed by atoms with van der Waals surface area (Å²) in [4.78, 5) is 38.3. The topological polar surface area (TPSA) is 72.5 Å². The number of ketones is 1. The lowest BCUT2D eigenvalue weighted by Crippen LogP contribution is -2.40. The number of carbonyl (C=O) groups is 3. The molecule has 0 aliphatic heterocycles. The van der Waals surface area contributed by atoms with Crippen molar-refractivity contribution in [2.24, 2.45) is 0 Å². The van der Waals surface area contributed by atoms with E-state index in [1.54, 1.807) is 54.6 Å². The van der Waals surface area contributed by atoms with Crippen LogP contribution in [0.25, 0.3) is 0 Å². The largest absolute Gasteiger partial charge is 0.447 e. The normalized spacial score (nSPS) is 12.5. The first-order chi connectivity index (χ1) is 14.8. The van der Waals surface area contributed by atoms with E-state index in [1.165, 1.54) is 6.92 Å². The first kappa shape index (κ1) is 22.0. The van der Waals surface area contributed by atoms with Crippen LogP contribution in [-0.2, 0) is 9.53 Å². The Bertz CT molecular complexity index is 1060. The first-order valence-electron chi connectivity index (χ1n) is 10.1. The molecule has 0 unspecified atom stereocenters. The lowest BCUT2D eigenvalue weighted by molar-refractivity contribution is -0.149. The summed E-state index contributed by atoms with van der Waals surface area (Å²) in [6, 6.07) is 22.0. The van der Waals surface area contributed by atoms with Gasteiger partial charge in [-0.2, -0.15) is 0 Å². The molecular weight excluding hydrogens is 390 g/mol. The average molecular weight is 415 g/mol. The second-order valence-electron chi connectivity index (χ2n) is 7.52. The fraction of sp³-hybridized carbons (Fsp3) is 0.192. The molecule has 5 nitrogen and oxygen atoms in total. The van der Waals surface area contributed by atoms with Gasteiger partial charge in [0.1, 0.15) is 6.04 Å². The van der Waals surface area contributed by atoms with Gasteiger partial charge in [-0.1, -0.05) is 77.9 Å². The van der Waals surface area contributed by atoms with Crippen molar-refractivity contribution in [1.29, 1.82) is 0 Å². The molecule has 0 saturated heterocycles. The van der Waals surface area contributed by atoms with Crippen LogP contribution in [-0.4, -0.2) is 23.7 Å². The van der Waals surface area contributed by atoms with E-state index >= 15 is 0 Å². The summed E-state index contributed by atoms with van der Waals surface area (Å²) in [6.07, 6.45) is -1.10. The summed E-state index contributed by atoms with van der Waals surface area (Å²) in [5, 5.41) is 2.62. The molecule has 0 aliphatic rings. The van der Waals surface area contributed by atoms with E-state index in [2.05, 4.69) is 5.32 Å². The van der Waals surface area contributed by atoms with Gasteiger partial charge >= 0.3 is 5.97 Å². The van der Waals surface area contributed by atoms with Crippen molar-refractivity contribution in [3.8, 4) is 0 Å². The fourth-order valence-corrected chi connectivity index (χ4v) is 3.03. The van der Waals surface area contributed by atoms with Crippen LogP contribution in [0.1, 0.15) is 50.4 Å². The maximum Gasteiger partial charge on any atom is 0.329 e. The molecule has 0 bridgehead atoms. The van der Waals surface area contributed by atoms with Gasteiger partial charge in [0, 0.05) is 16.7 Å². The molecule has 158 valence electrons. The van der Waals surface area contributed by atoms with Gasteiger partial charge in [0.05, 0.1) is 0 Å². The highest BCUT2D eigenvalue weighted by Crippen LogP contribution is 2.24. The van der Waals surface area contributed by atoms with Crippen LogP contribution >= 0.6 is 0 Å². The molecule has 3 rings (SSSR count). The Morgan fingerprint density at radius 1 is 0.742 bits per heavy atom. The van der Waals surface area contributed by atoms with Gasteiger partial charge in [-0.05, 0) is 32.9 Å². The first-order valence-corrected chi connectivity index (χ1v) is 10.1. The summed E-state index contributed by atoms with van der Waals surface area (Å²) in [5.74, 6) is -1.39. The quantitative estimate of drug-likeness (QED) is 0.453. The second-order valence-corrected chi connectivity index (χ2v) is 7.52. The molecule has 1 amide bonds. The van der Waals surface area contributed by atoms with Crippen molar-refractivity contribution in [1.82, 2.24) is 5.32 Å². The summed E-state index contributed by atoms with van der Waals surface area (Å²) in [6.45, 7) is 5.41. The maximum absolute atomic E-state index is 13.2. The van der Waals surface area contributed by atoms with Gasteiger partial charge in [0.2, 0.25) is 5.78 Å². The molecule has 0 spiro atoms. The van der Waals surface area contributed by atoms with Crippen LogP contribution < -0.4 is 5.32 Å². The van der Waals surface area contributed by atoms with E-state index in [0.29, 0.717) is 16.7 Å². The van der Waals surface area contributed by atoms with Crippen LogP contribution in [0.2, 0.25) is 0 Å². The van der Waals surface area contributed by atoms with Gasteiger partial charge in [0.25, 0.3) is 5.91 Å². The summed E-state index contributed by atoms with van der Waals surface area (Å²) < 4.78 is 5.62. The minimum atomic E-state index is -1.10. The van der Waals surface area contributed by atoms with E-state index in [1.807, 2.05) is 38.1 Å². The predicted molar refractivity (Wildman–Crippen MR) is 119 cm³/mol.